The first kappa shape index (κ1) is 12.8. The van der Waals surface area contributed by atoms with Gasteiger partial charge in [0.25, 0.3) is 0 Å². The Morgan fingerprint density at radius 2 is 1.94 bits per heavy atom. The second-order valence-corrected chi connectivity index (χ2v) is 3.58. The highest BCUT2D eigenvalue weighted by atomic mass is 16.5. The van der Waals surface area contributed by atoms with Crippen LogP contribution in [-0.2, 0) is 0 Å². The highest BCUT2D eigenvalue weighted by Gasteiger charge is 2.16. The van der Waals surface area contributed by atoms with Crippen LogP contribution in [0.1, 0.15) is 13.8 Å². The van der Waals surface area contributed by atoms with Crippen LogP contribution in [0.5, 0.6) is 11.5 Å². The minimum atomic E-state index is -0.415. The maximum atomic E-state index is 9.13. The van der Waals surface area contributed by atoms with Crippen LogP contribution in [0.15, 0.2) is 24.3 Å². The molecule has 0 aromatic heterocycles. The lowest BCUT2D eigenvalue weighted by atomic mass is 10.2. The van der Waals surface area contributed by atoms with E-state index in [1.807, 2.05) is 25.1 Å². The SMILES string of the molecule is CCOc1ccccc1OC(CO)C(C)N. The van der Waals surface area contributed by atoms with Gasteiger partial charge in [-0.25, -0.2) is 0 Å². The topological polar surface area (TPSA) is 64.7 Å². The molecule has 16 heavy (non-hydrogen) atoms. The molecule has 0 fully saturated rings. The molecule has 1 rings (SSSR count). The molecule has 0 aliphatic heterocycles. The van der Waals surface area contributed by atoms with Gasteiger partial charge in [0.2, 0.25) is 0 Å². The van der Waals surface area contributed by atoms with Crippen molar-refractivity contribution >= 4 is 0 Å². The van der Waals surface area contributed by atoms with Crippen LogP contribution in [0.3, 0.4) is 0 Å². The van der Waals surface area contributed by atoms with E-state index in [0.29, 0.717) is 18.1 Å². The van der Waals surface area contributed by atoms with E-state index >= 15 is 0 Å². The number of aliphatic hydroxyl groups is 1. The quantitative estimate of drug-likeness (QED) is 0.763. The second-order valence-electron chi connectivity index (χ2n) is 3.58. The fourth-order valence-corrected chi connectivity index (χ4v) is 1.30. The third-order valence-corrected chi connectivity index (χ3v) is 2.19. The summed E-state index contributed by atoms with van der Waals surface area (Å²) in [7, 11) is 0. The Morgan fingerprint density at radius 1 is 1.31 bits per heavy atom. The van der Waals surface area contributed by atoms with E-state index in [1.165, 1.54) is 0 Å². The molecule has 90 valence electrons. The van der Waals surface area contributed by atoms with E-state index in [4.69, 9.17) is 20.3 Å². The van der Waals surface area contributed by atoms with Gasteiger partial charge in [-0.1, -0.05) is 12.1 Å². The highest BCUT2D eigenvalue weighted by Crippen LogP contribution is 2.27. The summed E-state index contributed by atoms with van der Waals surface area (Å²) in [6, 6.07) is 7.12. The van der Waals surface area contributed by atoms with E-state index in [2.05, 4.69) is 0 Å². The Kier molecular flexibility index (Phi) is 5.08. The Hall–Kier alpha value is -1.26. The molecule has 0 heterocycles. The fourth-order valence-electron chi connectivity index (χ4n) is 1.30. The van der Waals surface area contributed by atoms with Crippen LogP contribution in [-0.4, -0.2) is 30.5 Å². The molecule has 0 aliphatic rings. The van der Waals surface area contributed by atoms with Crippen LogP contribution < -0.4 is 15.2 Å². The molecule has 0 bridgehead atoms. The largest absolute Gasteiger partial charge is 0.490 e. The van der Waals surface area contributed by atoms with Gasteiger partial charge in [-0.15, -0.1) is 0 Å². The van der Waals surface area contributed by atoms with Crippen LogP contribution in [0.4, 0.5) is 0 Å². The smallest absolute Gasteiger partial charge is 0.161 e. The van der Waals surface area contributed by atoms with E-state index in [9.17, 15) is 0 Å². The minimum absolute atomic E-state index is 0.113. The van der Waals surface area contributed by atoms with Gasteiger partial charge in [0.1, 0.15) is 6.10 Å². The Labute approximate surface area is 96.0 Å². The second kappa shape index (κ2) is 6.35. The molecule has 2 atom stereocenters. The van der Waals surface area contributed by atoms with Gasteiger partial charge >= 0.3 is 0 Å². The predicted molar refractivity (Wildman–Crippen MR) is 62.8 cm³/mol. The first-order chi connectivity index (χ1) is 7.69. The van der Waals surface area contributed by atoms with E-state index < -0.39 is 6.10 Å². The fraction of sp³-hybridized carbons (Fsp3) is 0.500. The average Bonchev–Trinajstić information content (AvgIpc) is 2.27. The molecule has 4 nitrogen and oxygen atoms in total. The monoisotopic (exact) mass is 225 g/mol. The summed E-state index contributed by atoms with van der Waals surface area (Å²) in [5.74, 6) is 1.28. The zero-order valence-corrected chi connectivity index (χ0v) is 9.72. The predicted octanol–water partition coefficient (Wildman–Crippen LogP) is 1.17. The maximum absolute atomic E-state index is 9.13. The molecule has 0 saturated heterocycles. The number of benzene rings is 1. The van der Waals surface area contributed by atoms with Gasteiger partial charge in [0, 0.05) is 6.04 Å². The minimum Gasteiger partial charge on any atom is -0.490 e. The summed E-state index contributed by atoms with van der Waals surface area (Å²) in [6.07, 6.45) is -0.415. The maximum Gasteiger partial charge on any atom is 0.161 e. The van der Waals surface area contributed by atoms with E-state index in [0.717, 1.165) is 0 Å². The first-order valence-corrected chi connectivity index (χ1v) is 5.44. The van der Waals surface area contributed by atoms with E-state index in [-0.39, 0.29) is 12.6 Å². The number of hydrogen-bond acceptors (Lipinski definition) is 4. The molecule has 0 aliphatic carbocycles. The van der Waals surface area contributed by atoms with Crippen molar-refractivity contribution < 1.29 is 14.6 Å². The van der Waals surface area contributed by atoms with Gasteiger partial charge < -0.3 is 20.3 Å². The molecule has 0 radical (unpaired) electrons. The Bertz CT molecular complexity index is 315. The van der Waals surface area contributed by atoms with Crippen molar-refractivity contribution in [1.82, 2.24) is 0 Å². The van der Waals surface area contributed by atoms with Crippen LogP contribution >= 0.6 is 0 Å². The lowest BCUT2D eigenvalue weighted by molar-refractivity contribution is 0.0955. The Morgan fingerprint density at radius 3 is 2.44 bits per heavy atom. The molecule has 1 aromatic carbocycles. The average molecular weight is 225 g/mol. The zero-order chi connectivity index (χ0) is 12.0. The van der Waals surface area contributed by atoms with Gasteiger partial charge in [-0.05, 0) is 26.0 Å². The molecule has 3 N–H and O–H groups in total. The summed E-state index contributed by atoms with van der Waals surface area (Å²) in [5.41, 5.74) is 5.69. The highest BCUT2D eigenvalue weighted by molar-refractivity contribution is 5.39. The summed E-state index contributed by atoms with van der Waals surface area (Å²) in [6.45, 7) is 4.16. The zero-order valence-electron chi connectivity index (χ0n) is 9.72. The van der Waals surface area contributed by atoms with Gasteiger partial charge in [0.05, 0.1) is 13.2 Å². The number of hydrogen-bond donors (Lipinski definition) is 2. The van der Waals surface area contributed by atoms with Gasteiger partial charge in [-0.2, -0.15) is 0 Å². The Balaban J connectivity index is 2.78. The molecule has 4 heteroatoms. The van der Waals surface area contributed by atoms with Crippen LogP contribution in [0.25, 0.3) is 0 Å². The molecule has 0 amide bonds. The van der Waals surface area contributed by atoms with Crippen molar-refractivity contribution in [2.45, 2.75) is 26.0 Å². The van der Waals surface area contributed by atoms with Crippen molar-refractivity contribution in [2.24, 2.45) is 5.73 Å². The van der Waals surface area contributed by atoms with Crippen LogP contribution in [0.2, 0.25) is 0 Å². The summed E-state index contributed by atoms with van der Waals surface area (Å²) in [5, 5.41) is 9.13. The third kappa shape index (κ3) is 3.40. The molecular formula is C12H19NO3. The molecule has 0 saturated carbocycles. The number of aliphatic hydroxyl groups excluding tert-OH is 1. The van der Waals surface area contributed by atoms with Gasteiger partial charge in [-0.3, -0.25) is 0 Å². The first-order valence-electron chi connectivity index (χ1n) is 5.44. The van der Waals surface area contributed by atoms with Crippen LogP contribution in [0, 0.1) is 0 Å². The number of ether oxygens (including phenoxy) is 2. The summed E-state index contributed by atoms with van der Waals surface area (Å²) in [4.78, 5) is 0. The lowest BCUT2D eigenvalue weighted by Gasteiger charge is -2.21. The molecule has 0 spiro atoms. The lowest BCUT2D eigenvalue weighted by Crippen LogP contribution is -2.39. The van der Waals surface area contributed by atoms with Crippen molar-refractivity contribution in [1.29, 1.82) is 0 Å². The molecule has 2 unspecified atom stereocenters. The summed E-state index contributed by atoms with van der Waals surface area (Å²) >= 11 is 0. The van der Waals surface area contributed by atoms with Crippen molar-refractivity contribution in [3.63, 3.8) is 0 Å². The summed E-state index contributed by atoms with van der Waals surface area (Å²) < 4.78 is 11.0. The van der Waals surface area contributed by atoms with Gasteiger partial charge in [0.15, 0.2) is 11.5 Å². The normalized spacial score (nSPS) is 14.2. The van der Waals surface area contributed by atoms with Crippen molar-refractivity contribution in [3.05, 3.63) is 24.3 Å². The van der Waals surface area contributed by atoms with Crippen molar-refractivity contribution in [2.75, 3.05) is 13.2 Å². The molecular weight excluding hydrogens is 206 g/mol. The van der Waals surface area contributed by atoms with E-state index in [1.54, 1.807) is 13.0 Å². The number of para-hydroxylation sites is 2. The third-order valence-electron chi connectivity index (χ3n) is 2.19. The van der Waals surface area contributed by atoms with Crippen molar-refractivity contribution in [3.8, 4) is 11.5 Å². The molecule has 1 aromatic rings. The number of nitrogens with two attached hydrogens (primary N) is 1. The standard InChI is InChI=1S/C12H19NO3/c1-3-15-10-6-4-5-7-11(10)16-12(8-14)9(2)13/h4-7,9,12,14H,3,8,13H2,1-2H3. The number of rotatable bonds is 6.